The molecule has 2 N–H and O–H groups in total. The number of halogens is 1. The fraction of sp³-hybridized carbons (Fsp3) is 0.0714. The molecule has 0 saturated carbocycles. The number of sulfonamides is 1. The second-order valence-electron chi connectivity index (χ2n) is 4.72. The van der Waals surface area contributed by atoms with Crippen molar-refractivity contribution in [1.29, 1.82) is 0 Å². The Bertz CT molecular complexity index is 930. The Hall–Kier alpha value is -2.65. The van der Waals surface area contributed by atoms with E-state index in [-0.39, 0.29) is 21.2 Å². The Balaban J connectivity index is 2.58. The lowest BCUT2D eigenvalue weighted by molar-refractivity contribution is -0.384. The van der Waals surface area contributed by atoms with Crippen molar-refractivity contribution in [3.8, 4) is 0 Å². The van der Waals surface area contributed by atoms with E-state index >= 15 is 0 Å². The Morgan fingerprint density at radius 3 is 2.46 bits per heavy atom. The summed E-state index contributed by atoms with van der Waals surface area (Å²) < 4.78 is 26.2. The largest absolute Gasteiger partial charge is 0.366 e. The summed E-state index contributed by atoms with van der Waals surface area (Å²) in [6, 6.07) is 9.00. The van der Waals surface area contributed by atoms with Crippen LogP contribution in [0.25, 0.3) is 0 Å². The fourth-order valence-electron chi connectivity index (χ4n) is 2.04. The van der Waals surface area contributed by atoms with Crippen LogP contribution in [0.3, 0.4) is 0 Å². The van der Waals surface area contributed by atoms with Crippen LogP contribution in [0, 0.1) is 10.1 Å². The normalized spacial score (nSPS) is 11.1. The van der Waals surface area contributed by atoms with Crippen molar-refractivity contribution in [2.45, 2.75) is 4.90 Å². The quantitative estimate of drug-likeness (QED) is 0.638. The molecular weight excluding hydrogens is 358 g/mol. The Morgan fingerprint density at radius 2 is 1.88 bits per heavy atom. The summed E-state index contributed by atoms with van der Waals surface area (Å²) >= 11 is 5.69. The fourth-order valence-corrected chi connectivity index (χ4v) is 3.46. The average Bonchev–Trinajstić information content (AvgIpc) is 2.53. The molecule has 0 heterocycles. The summed E-state index contributed by atoms with van der Waals surface area (Å²) in [6.07, 6.45) is 0. The minimum Gasteiger partial charge on any atom is -0.366 e. The van der Waals surface area contributed by atoms with Gasteiger partial charge < -0.3 is 5.73 Å². The number of anilines is 1. The van der Waals surface area contributed by atoms with Gasteiger partial charge in [0.2, 0.25) is 0 Å². The second kappa shape index (κ2) is 6.46. The number of nitrogens with zero attached hydrogens (tertiary/aromatic N) is 2. The van der Waals surface area contributed by atoms with E-state index in [2.05, 4.69) is 0 Å². The molecule has 0 aromatic heterocycles. The van der Waals surface area contributed by atoms with Gasteiger partial charge in [-0.15, -0.1) is 0 Å². The molecule has 126 valence electrons. The molecule has 1 amide bonds. The van der Waals surface area contributed by atoms with Gasteiger partial charge in [0.15, 0.2) is 0 Å². The van der Waals surface area contributed by atoms with Gasteiger partial charge in [-0.05, 0) is 24.3 Å². The molecule has 0 aliphatic heterocycles. The second-order valence-corrected chi connectivity index (χ2v) is 7.10. The van der Waals surface area contributed by atoms with Gasteiger partial charge in [-0.2, -0.15) is 0 Å². The monoisotopic (exact) mass is 369 g/mol. The Kier molecular flexibility index (Phi) is 4.76. The van der Waals surface area contributed by atoms with Crippen LogP contribution >= 0.6 is 11.6 Å². The standard InChI is InChI=1S/C14H12ClN3O5S/c1-17(12-5-3-2-4-10(12)14(16)19)24(22,23)9-6-7-11(15)13(8-9)18(20)21/h2-8H,1H3,(H2,16,19). The van der Waals surface area contributed by atoms with Gasteiger partial charge in [-0.1, -0.05) is 23.7 Å². The predicted molar refractivity (Wildman–Crippen MR) is 88.7 cm³/mol. The van der Waals surface area contributed by atoms with Crippen molar-refractivity contribution < 1.29 is 18.1 Å². The minimum atomic E-state index is -4.16. The van der Waals surface area contributed by atoms with E-state index in [0.717, 1.165) is 22.5 Å². The van der Waals surface area contributed by atoms with Gasteiger partial charge in [0.1, 0.15) is 5.02 Å². The Labute approximate surface area is 142 Å². The summed E-state index contributed by atoms with van der Waals surface area (Å²) in [6.45, 7) is 0. The smallest absolute Gasteiger partial charge is 0.289 e. The number of benzene rings is 2. The summed E-state index contributed by atoms with van der Waals surface area (Å²) in [4.78, 5) is 21.3. The third kappa shape index (κ3) is 3.17. The van der Waals surface area contributed by atoms with Crippen molar-refractivity contribution in [2.75, 3.05) is 11.4 Å². The highest BCUT2D eigenvalue weighted by Gasteiger charge is 2.27. The first-order chi connectivity index (χ1) is 11.2. The van der Waals surface area contributed by atoms with Crippen LogP contribution in [0.4, 0.5) is 11.4 Å². The maximum atomic E-state index is 12.7. The third-order valence-corrected chi connectivity index (χ3v) is 5.37. The summed E-state index contributed by atoms with van der Waals surface area (Å²) in [7, 11) is -2.94. The van der Waals surface area contributed by atoms with Gasteiger partial charge in [0.05, 0.1) is 21.1 Å². The molecular formula is C14H12ClN3O5S. The lowest BCUT2D eigenvalue weighted by atomic mass is 10.2. The first-order valence-electron chi connectivity index (χ1n) is 6.48. The maximum absolute atomic E-state index is 12.7. The van der Waals surface area contributed by atoms with Crippen LogP contribution in [0.1, 0.15) is 10.4 Å². The van der Waals surface area contributed by atoms with Crippen LogP contribution in [0.15, 0.2) is 47.4 Å². The van der Waals surface area contributed by atoms with E-state index < -0.39 is 26.5 Å². The molecule has 0 fully saturated rings. The zero-order valence-electron chi connectivity index (χ0n) is 12.3. The molecule has 24 heavy (non-hydrogen) atoms. The topological polar surface area (TPSA) is 124 Å². The molecule has 0 spiro atoms. The van der Waals surface area contributed by atoms with Crippen LogP contribution in [0.2, 0.25) is 5.02 Å². The Morgan fingerprint density at radius 1 is 1.25 bits per heavy atom. The van der Waals surface area contributed by atoms with Crippen LogP contribution in [-0.4, -0.2) is 26.3 Å². The van der Waals surface area contributed by atoms with Gasteiger partial charge in [0.25, 0.3) is 21.6 Å². The number of carbonyl (C=O) groups is 1. The first kappa shape index (κ1) is 17.7. The lowest BCUT2D eigenvalue weighted by Crippen LogP contribution is -2.29. The predicted octanol–water partition coefficient (Wildman–Crippen LogP) is 2.17. The average molecular weight is 370 g/mol. The van der Waals surface area contributed by atoms with E-state index in [4.69, 9.17) is 17.3 Å². The number of carbonyl (C=O) groups excluding carboxylic acids is 1. The molecule has 0 radical (unpaired) electrons. The van der Waals surface area contributed by atoms with Crippen molar-refractivity contribution in [1.82, 2.24) is 0 Å². The molecule has 0 bridgehead atoms. The number of para-hydroxylation sites is 1. The molecule has 8 nitrogen and oxygen atoms in total. The van der Waals surface area contributed by atoms with E-state index in [0.29, 0.717) is 0 Å². The number of rotatable bonds is 5. The van der Waals surface area contributed by atoms with Gasteiger partial charge in [-0.25, -0.2) is 8.42 Å². The number of nitrogens with two attached hydrogens (primary N) is 1. The maximum Gasteiger partial charge on any atom is 0.289 e. The van der Waals surface area contributed by atoms with E-state index in [1.54, 1.807) is 0 Å². The molecule has 0 unspecified atom stereocenters. The van der Waals surface area contributed by atoms with E-state index in [1.807, 2.05) is 0 Å². The van der Waals surface area contributed by atoms with E-state index in [1.165, 1.54) is 31.3 Å². The summed E-state index contributed by atoms with van der Waals surface area (Å²) in [5, 5.41) is 10.8. The van der Waals surface area contributed by atoms with Crippen molar-refractivity contribution in [3.63, 3.8) is 0 Å². The molecule has 2 aromatic carbocycles. The highest BCUT2D eigenvalue weighted by atomic mass is 35.5. The number of amides is 1. The van der Waals surface area contributed by atoms with Gasteiger partial charge in [0, 0.05) is 13.1 Å². The molecule has 0 atom stereocenters. The molecule has 2 rings (SSSR count). The zero-order valence-corrected chi connectivity index (χ0v) is 13.9. The zero-order chi connectivity index (χ0) is 18.1. The highest BCUT2D eigenvalue weighted by Crippen LogP contribution is 2.30. The number of nitro benzene ring substituents is 1. The number of hydrogen-bond acceptors (Lipinski definition) is 5. The minimum absolute atomic E-state index is 0.00652. The van der Waals surface area contributed by atoms with Gasteiger partial charge in [-0.3, -0.25) is 19.2 Å². The van der Waals surface area contributed by atoms with Crippen molar-refractivity contribution in [3.05, 3.63) is 63.2 Å². The first-order valence-corrected chi connectivity index (χ1v) is 8.29. The lowest BCUT2D eigenvalue weighted by Gasteiger charge is -2.21. The van der Waals surface area contributed by atoms with Crippen LogP contribution in [-0.2, 0) is 10.0 Å². The highest BCUT2D eigenvalue weighted by molar-refractivity contribution is 7.92. The molecule has 2 aromatic rings. The summed E-state index contributed by atoms with van der Waals surface area (Å²) in [5.41, 5.74) is 4.78. The molecule has 0 aliphatic carbocycles. The summed E-state index contributed by atoms with van der Waals surface area (Å²) in [5.74, 6) is -0.797. The molecule has 0 aliphatic rings. The van der Waals surface area contributed by atoms with Crippen LogP contribution < -0.4 is 10.0 Å². The van der Waals surface area contributed by atoms with Crippen LogP contribution in [0.5, 0.6) is 0 Å². The number of nitro groups is 1. The van der Waals surface area contributed by atoms with Crippen molar-refractivity contribution >= 4 is 38.9 Å². The number of primary amides is 1. The van der Waals surface area contributed by atoms with E-state index in [9.17, 15) is 23.3 Å². The third-order valence-electron chi connectivity index (χ3n) is 3.28. The molecule has 10 heteroatoms. The van der Waals surface area contributed by atoms with Crippen molar-refractivity contribution in [2.24, 2.45) is 5.73 Å². The SMILES string of the molecule is CN(c1ccccc1C(N)=O)S(=O)(=O)c1ccc(Cl)c([N+](=O)[O-])c1. The number of hydrogen-bond donors (Lipinski definition) is 1. The van der Waals surface area contributed by atoms with Gasteiger partial charge >= 0.3 is 0 Å². The molecule has 0 saturated heterocycles.